The van der Waals surface area contributed by atoms with Gasteiger partial charge in [-0.25, -0.2) is 12.8 Å². The molecule has 0 aliphatic rings. The van der Waals surface area contributed by atoms with Gasteiger partial charge in [-0.05, 0) is 18.2 Å². The molecule has 1 N–H and O–H groups in total. The Morgan fingerprint density at radius 2 is 1.81 bits per heavy atom. The highest BCUT2D eigenvalue weighted by molar-refractivity contribution is 7.92. The van der Waals surface area contributed by atoms with Crippen molar-refractivity contribution in [3.63, 3.8) is 0 Å². The Labute approximate surface area is 89.0 Å². The minimum atomic E-state index is -5.54. The lowest BCUT2D eigenvalue weighted by Gasteiger charge is -2.12. The van der Waals surface area contributed by atoms with E-state index in [1.807, 2.05) is 0 Å². The molecular weight excluding hydrogens is 250 g/mol. The van der Waals surface area contributed by atoms with E-state index in [9.17, 15) is 26.0 Å². The van der Waals surface area contributed by atoms with Crippen molar-refractivity contribution in [3.8, 4) is 0 Å². The number of hydrogen-bond donors (Lipinski definition) is 1. The summed E-state index contributed by atoms with van der Waals surface area (Å²) in [4.78, 5) is -1.12. The Bertz CT molecular complexity index is 495. The first kappa shape index (κ1) is 12.8. The zero-order valence-electron chi connectivity index (χ0n) is 7.97. The molecular formula is C8H7F4NO2S. The highest BCUT2D eigenvalue weighted by atomic mass is 32.2. The zero-order valence-corrected chi connectivity index (χ0v) is 8.79. The number of anilines is 1. The number of hydrogen-bond acceptors (Lipinski definition) is 3. The van der Waals surface area contributed by atoms with Crippen molar-refractivity contribution in [1.29, 1.82) is 0 Å². The fourth-order valence-electron chi connectivity index (χ4n) is 1.05. The van der Waals surface area contributed by atoms with Crippen molar-refractivity contribution in [2.24, 2.45) is 0 Å². The van der Waals surface area contributed by atoms with Gasteiger partial charge in [0.05, 0.1) is 5.69 Å². The molecule has 3 nitrogen and oxygen atoms in total. The predicted molar refractivity (Wildman–Crippen MR) is 49.2 cm³/mol. The van der Waals surface area contributed by atoms with E-state index in [1.165, 1.54) is 7.05 Å². The lowest BCUT2D eigenvalue weighted by molar-refractivity contribution is -0.0435. The molecule has 1 aromatic rings. The number of sulfone groups is 1. The SMILES string of the molecule is CNc1ccc(F)cc1S(=O)(=O)C(F)(F)F. The molecule has 0 unspecified atom stereocenters. The third-order valence-corrected chi connectivity index (χ3v) is 3.33. The Kier molecular flexibility index (Phi) is 3.13. The summed E-state index contributed by atoms with van der Waals surface area (Å²) >= 11 is 0. The average Bonchev–Trinajstić information content (AvgIpc) is 2.16. The molecule has 0 saturated carbocycles. The predicted octanol–water partition coefficient (Wildman–Crippen LogP) is 2.16. The van der Waals surface area contributed by atoms with Gasteiger partial charge in [0.2, 0.25) is 0 Å². The summed E-state index contributed by atoms with van der Waals surface area (Å²) in [5, 5.41) is 2.26. The molecule has 0 radical (unpaired) electrons. The molecule has 90 valence electrons. The van der Waals surface area contributed by atoms with Gasteiger partial charge in [-0.15, -0.1) is 0 Å². The van der Waals surface area contributed by atoms with E-state index >= 15 is 0 Å². The van der Waals surface area contributed by atoms with Crippen molar-refractivity contribution >= 4 is 15.5 Å². The fraction of sp³-hybridized carbons (Fsp3) is 0.250. The lowest BCUT2D eigenvalue weighted by atomic mass is 10.3. The molecule has 0 spiro atoms. The minimum Gasteiger partial charge on any atom is -0.387 e. The number of nitrogens with one attached hydrogen (secondary N) is 1. The van der Waals surface area contributed by atoms with Crippen LogP contribution < -0.4 is 5.32 Å². The van der Waals surface area contributed by atoms with E-state index in [0.717, 1.165) is 12.1 Å². The summed E-state index contributed by atoms with van der Waals surface area (Å²) in [6.45, 7) is 0. The Morgan fingerprint density at radius 1 is 1.25 bits per heavy atom. The number of benzene rings is 1. The van der Waals surface area contributed by atoms with Crippen LogP contribution in [0.25, 0.3) is 0 Å². The van der Waals surface area contributed by atoms with E-state index in [4.69, 9.17) is 0 Å². The third-order valence-electron chi connectivity index (χ3n) is 1.81. The van der Waals surface area contributed by atoms with Crippen LogP contribution in [-0.2, 0) is 9.84 Å². The number of halogens is 4. The van der Waals surface area contributed by atoms with Crippen LogP contribution in [0.15, 0.2) is 23.1 Å². The van der Waals surface area contributed by atoms with Crippen LogP contribution in [0.1, 0.15) is 0 Å². The van der Waals surface area contributed by atoms with Crippen molar-refractivity contribution in [1.82, 2.24) is 0 Å². The van der Waals surface area contributed by atoms with Gasteiger partial charge in [0.25, 0.3) is 9.84 Å². The van der Waals surface area contributed by atoms with Gasteiger partial charge in [0.1, 0.15) is 10.7 Å². The van der Waals surface area contributed by atoms with Crippen LogP contribution >= 0.6 is 0 Å². The molecule has 0 fully saturated rings. The Morgan fingerprint density at radius 3 is 2.25 bits per heavy atom. The zero-order chi connectivity index (χ0) is 12.6. The largest absolute Gasteiger partial charge is 0.501 e. The van der Waals surface area contributed by atoms with Gasteiger partial charge in [0, 0.05) is 7.05 Å². The molecule has 1 rings (SSSR count). The molecule has 0 aliphatic carbocycles. The minimum absolute atomic E-state index is 0.307. The molecule has 0 aliphatic heterocycles. The van der Waals surface area contributed by atoms with Gasteiger partial charge in [-0.1, -0.05) is 0 Å². The summed E-state index contributed by atoms with van der Waals surface area (Å²) in [5.74, 6) is -1.05. The summed E-state index contributed by atoms with van der Waals surface area (Å²) in [5.41, 5.74) is -5.76. The Balaban J connectivity index is 3.50. The van der Waals surface area contributed by atoms with Gasteiger partial charge >= 0.3 is 5.51 Å². The van der Waals surface area contributed by atoms with E-state index in [-0.39, 0.29) is 5.69 Å². The van der Waals surface area contributed by atoms with Gasteiger partial charge in [0.15, 0.2) is 0 Å². The van der Waals surface area contributed by atoms with Crippen LogP contribution in [0.4, 0.5) is 23.2 Å². The molecule has 0 heterocycles. The molecule has 0 amide bonds. The van der Waals surface area contributed by atoms with Crippen molar-refractivity contribution < 1.29 is 26.0 Å². The van der Waals surface area contributed by atoms with Crippen molar-refractivity contribution in [2.45, 2.75) is 10.4 Å². The maximum absolute atomic E-state index is 12.7. The van der Waals surface area contributed by atoms with E-state index in [2.05, 4.69) is 5.32 Å². The number of alkyl halides is 3. The third kappa shape index (κ3) is 2.11. The topological polar surface area (TPSA) is 46.2 Å². The summed E-state index contributed by atoms with van der Waals surface area (Å²) in [6, 6.07) is 2.11. The van der Waals surface area contributed by atoms with E-state index in [1.54, 1.807) is 0 Å². The molecule has 1 aromatic carbocycles. The van der Waals surface area contributed by atoms with Crippen molar-refractivity contribution in [2.75, 3.05) is 12.4 Å². The van der Waals surface area contributed by atoms with Gasteiger partial charge in [-0.3, -0.25) is 0 Å². The lowest BCUT2D eigenvalue weighted by Crippen LogP contribution is -2.24. The van der Waals surface area contributed by atoms with Crippen LogP contribution in [0.2, 0.25) is 0 Å². The first-order chi connectivity index (χ1) is 7.20. The molecule has 16 heavy (non-hydrogen) atoms. The second-order valence-electron chi connectivity index (χ2n) is 2.84. The summed E-state index contributed by atoms with van der Waals surface area (Å²) < 4.78 is 71.5. The van der Waals surface area contributed by atoms with Crippen LogP contribution in [0.5, 0.6) is 0 Å². The van der Waals surface area contributed by atoms with Gasteiger partial charge in [-0.2, -0.15) is 13.2 Å². The van der Waals surface area contributed by atoms with Gasteiger partial charge < -0.3 is 5.32 Å². The van der Waals surface area contributed by atoms with Crippen LogP contribution in [0.3, 0.4) is 0 Å². The van der Waals surface area contributed by atoms with Crippen LogP contribution in [0, 0.1) is 5.82 Å². The first-order valence-electron chi connectivity index (χ1n) is 3.99. The maximum Gasteiger partial charge on any atom is 0.501 e. The fourth-order valence-corrected chi connectivity index (χ4v) is 2.03. The van der Waals surface area contributed by atoms with Crippen LogP contribution in [-0.4, -0.2) is 21.0 Å². The highest BCUT2D eigenvalue weighted by Crippen LogP contribution is 2.34. The quantitative estimate of drug-likeness (QED) is 0.826. The average molecular weight is 257 g/mol. The summed E-state index contributed by atoms with van der Waals surface area (Å²) in [7, 11) is -4.31. The molecule has 0 bridgehead atoms. The standard InChI is InChI=1S/C8H7F4NO2S/c1-13-6-3-2-5(9)4-7(6)16(14,15)8(10,11)12/h2-4,13H,1H3. The molecule has 0 aromatic heterocycles. The van der Waals surface area contributed by atoms with E-state index < -0.39 is 26.1 Å². The number of rotatable bonds is 2. The second-order valence-corrected chi connectivity index (χ2v) is 4.75. The van der Waals surface area contributed by atoms with E-state index in [0.29, 0.717) is 6.07 Å². The smallest absolute Gasteiger partial charge is 0.387 e. The highest BCUT2D eigenvalue weighted by Gasteiger charge is 2.48. The monoisotopic (exact) mass is 257 g/mol. The molecule has 8 heteroatoms. The normalized spacial score (nSPS) is 12.6. The summed E-state index contributed by atoms with van der Waals surface area (Å²) in [6.07, 6.45) is 0. The van der Waals surface area contributed by atoms with Crippen molar-refractivity contribution in [3.05, 3.63) is 24.0 Å². The second kappa shape index (κ2) is 3.93. The molecule has 0 atom stereocenters. The first-order valence-corrected chi connectivity index (χ1v) is 5.47. The Hall–Kier alpha value is -1.31. The maximum atomic E-state index is 12.7. The molecule has 0 saturated heterocycles.